The number of imidazole rings is 1. The van der Waals surface area contributed by atoms with Crippen molar-refractivity contribution in [1.82, 2.24) is 14.4 Å². The van der Waals surface area contributed by atoms with E-state index < -0.39 is 0 Å². The molecule has 0 amide bonds. The number of aromatic nitrogens is 2. The molecule has 3 aliphatic heterocycles. The first-order valence-corrected chi connectivity index (χ1v) is 13.7. The fourth-order valence-corrected chi connectivity index (χ4v) is 6.08. The molecule has 0 fully saturated rings. The molecule has 0 aliphatic carbocycles. The van der Waals surface area contributed by atoms with Gasteiger partial charge in [0.1, 0.15) is 0 Å². The fourth-order valence-electron chi connectivity index (χ4n) is 6.08. The van der Waals surface area contributed by atoms with Crippen molar-refractivity contribution in [2.45, 2.75) is 0 Å². The zero-order valence-corrected chi connectivity index (χ0v) is 25.2. The van der Waals surface area contributed by atoms with Crippen LogP contribution in [-0.4, -0.2) is 28.4 Å². The van der Waals surface area contributed by atoms with Crippen molar-refractivity contribution < 1.29 is 20.1 Å². The van der Waals surface area contributed by atoms with Crippen LogP contribution in [0.15, 0.2) is 128 Å². The summed E-state index contributed by atoms with van der Waals surface area (Å²) in [4.78, 5) is 11.5. The number of rotatable bonds is 1. The second kappa shape index (κ2) is 10.7. The van der Waals surface area contributed by atoms with Crippen molar-refractivity contribution in [3.05, 3.63) is 146 Å². The van der Waals surface area contributed by atoms with Crippen LogP contribution in [-0.2, 0) is 20.1 Å². The molecule has 0 atom stereocenters. The van der Waals surface area contributed by atoms with Gasteiger partial charge in [-0.25, -0.2) is 0 Å². The number of hydrogen-bond donors (Lipinski definition) is 0. The van der Waals surface area contributed by atoms with E-state index in [-0.39, 0.29) is 27.1 Å². The van der Waals surface area contributed by atoms with Crippen molar-refractivity contribution >= 4 is 40.5 Å². The Morgan fingerprint density at radius 1 is 0.714 bits per heavy atom. The first-order chi connectivity index (χ1) is 20.3. The predicted octanol–water partition coefficient (Wildman–Crippen LogP) is 6.71. The van der Waals surface area contributed by atoms with Crippen LogP contribution >= 0.6 is 0 Å². The number of para-hydroxylation sites is 4. The molecular weight excluding hydrogens is 693 g/mol. The Morgan fingerprint density at radius 2 is 1.45 bits per heavy atom. The predicted molar refractivity (Wildman–Crippen MR) is 168 cm³/mol. The van der Waals surface area contributed by atoms with E-state index in [2.05, 4.69) is 106 Å². The van der Waals surface area contributed by atoms with Crippen molar-refractivity contribution in [3.63, 3.8) is 0 Å². The molecule has 4 heterocycles. The van der Waals surface area contributed by atoms with E-state index in [0.29, 0.717) is 0 Å². The molecule has 0 saturated heterocycles. The summed E-state index contributed by atoms with van der Waals surface area (Å²) in [6.45, 7) is 2.03. The van der Waals surface area contributed by atoms with Crippen LogP contribution in [0, 0.1) is 18.8 Å². The zero-order valence-electron chi connectivity index (χ0n) is 22.8. The van der Waals surface area contributed by atoms with Crippen molar-refractivity contribution in [3.8, 4) is 22.5 Å². The third-order valence-corrected chi connectivity index (χ3v) is 7.83. The molecular formula is C35H25BIrN5. The van der Waals surface area contributed by atoms with Gasteiger partial charge in [0.2, 0.25) is 0 Å². The van der Waals surface area contributed by atoms with Crippen LogP contribution in [0.25, 0.3) is 33.5 Å². The molecule has 5 aromatic carbocycles. The molecule has 202 valence electrons. The summed E-state index contributed by atoms with van der Waals surface area (Å²) in [6, 6.07) is 46.6. The largest absolute Gasteiger partial charge is 3.00 e. The molecule has 6 aromatic rings. The van der Waals surface area contributed by atoms with Crippen molar-refractivity contribution in [2.24, 2.45) is 0 Å². The minimum absolute atomic E-state index is 0. The summed E-state index contributed by atoms with van der Waals surface area (Å²) >= 11 is 0. The monoisotopic (exact) mass is 719 g/mol. The molecule has 0 unspecified atom stereocenters. The second-order valence-electron chi connectivity index (χ2n) is 10.3. The van der Waals surface area contributed by atoms with E-state index in [9.17, 15) is 0 Å². The topological polar surface area (TPSA) is 27.5 Å². The van der Waals surface area contributed by atoms with Gasteiger partial charge in [0.15, 0.2) is 0 Å². The molecule has 0 radical (unpaired) electrons. The molecule has 0 N–H and O–H groups in total. The SMILES string of the molecule is CN1C=CN(c2[c-]cccc2)[CH-]1.[Ir+3].[c-]1cccc2c1-c1nc3ccccc3n1B1c3ccccc3-c3ccccc3N12. The summed E-state index contributed by atoms with van der Waals surface area (Å²) in [5.74, 6) is 0.984. The average Bonchev–Trinajstić information content (AvgIpc) is 3.66. The third-order valence-electron chi connectivity index (χ3n) is 7.83. The zero-order chi connectivity index (χ0) is 27.3. The van der Waals surface area contributed by atoms with Crippen LogP contribution in [0.4, 0.5) is 17.1 Å². The Balaban J connectivity index is 0.000000188. The van der Waals surface area contributed by atoms with E-state index in [1.807, 2.05) is 66.2 Å². The van der Waals surface area contributed by atoms with Crippen LogP contribution in [0.5, 0.6) is 0 Å². The van der Waals surface area contributed by atoms with Crippen molar-refractivity contribution in [2.75, 3.05) is 16.8 Å². The van der Waals surface area contributed by atoms with Crippen molar-refractivity contribution in [1.29, 1.82) is 0 Å². The van der Waals surface area contributed by atoms with Gasteiger partial charge < -0.3 is 19.1 Å². The van der Waals surface area contributed by atoms with E-state index in [1.54, 1.807) is 0 Å². The molecule has 42 heavy (non-hydrogen) atoms. The summed E-state index contributed by atoms with van der Waals surface area (Å²) in [6.07, 6.45) is 4.01. The summed E-state index contributed by atoms with van der Waals surface area (Å²) in [5.41, 5.74) is 10.5. The van der Waals surface area contributed by atoms with Gasteiger partial charge in [-0.1, -0.05) is 65.8 Å². The van der Waals surface area contributed by atoms with Crippen LogP contribution in [0.2, 0.25) is 0 Å². The van der Waals surface area contributed by atoms with Gasteiger partial charge >= 0.3 is 27.1 Å². The molecule has 9 rings (SSSR count). The molecule has 0 saturated carbocycles. The Bertz CT molecular complexity index is 1940. The average molecular weight is 719 g/mol. The molecule has 3 aliphatic rings. The van der Waals surface area contributed by atoms with E-state index in [1.165, 1.54) is 22.3 Å². The standard InChI is InChI=1S/C25H15BN3.C10H10N2.Ir/c1-4-12-20-17(9-1)18-10-2-6-14-22(18)28-23-15-7-3-11-19(23)25-27-21-13-5-8-16-24(21)29(25)26(20)28;1-11-7-8-12(9-11)10-5-3-2-4-6-10;/h1-10,12-16H;2-5,7-9H,1H3;/q-1;-2;+3. The molecule has 1 aromatic heterocycles. The molecule has 0 bridgehead atoms. The van der Waals surface area contributed by atoms with Gasteiger partial charge in [-0.2, -0.15) is 37.0 Å². The maximum Gasteiger partial charge on any atom is 3.00 e. The molecule has 7 heteroatoms. The summed E-state index contributed by atoms with van der Waals surface area (Å²) < 4.78 is 2.38. The van der Waals surface area contributed by atoms with Gasteiger partial charge in [0, 0.05) is 22.6 Å². The fraction of sp³-hybridized carbons (Fsp3) is 0.0286. The van der Waals surface area contributed by atoms with Gasteiger partial charge in [0.05, 0.1) is 5.52 Å². The number of anilines is 3. The van der Waals surface area contributed by atoms with Gasteiger partial charge in [-0.05, 0) is 48.7 Å². The van der Waals surface area contributed by atoms with Gasteiger partial charge in [-0.15, -0.1) is 30.0 Å². The summed E-state index contributed by atoms with van der Waals surface area (Å²) in [5, 5.41) is 0. The first-order valence-electron chi connectivity index (χ1n) is 13.7. The van der Waals surface area contributed by atoms with Crippen LogP contribution < -0.4 is 15.2 Å². The molecule has 5 nitrogen and oxygen atoms in total. The third kappa shape index (κ3) is 4.16. The Hall–Kier alpha value is -4.58. The maximum atomic E-state index is 5.02. The first kappa shape index (κ1) is 26.3. The van der Waals surface area contributed by atoms with E-state index in [0.717, 1.165) is 33.8 Å². The Labute approximate surface area is 259 Å². The Kier molecular flexibility index (Phi) is 6.69. The molecule has 0 spiro atoms. The minimum atomic E-state index is 0. The Morgan fingerprint density at radius 3 is 2.29 bits per heavy atom. The number of hydrogen-bond acceptors (Lipinski definition) is 4. The van der Waals surface area contributed by atoms with E-state index in [4.69, 9.17) is 4.98 Å². The van der Waals surface area contributed by atoms with Gasteiger partial charge in [-0.3, -0.25) is 4.98 Å². The van der Waals surface area contributed by atoms with Crippen LogP contribution in [0.3, 0.4) is 0 Å². The van der Waals surface area contributed by atoms with E-state index >= 15 is 0 Å². The van der Waals surface area contributed by atoms with Crippen LogP contribution in [0.1, 0.15) is 0 Å². The number of fused-ring (bicyclic) bond motifs is 13. The maximum absolute atomic E-state index is 5.02. The normalized spacial score (nSPS) is 13.7. The summed E-state index contributed by atoms with van der Waals surface area (Å²) in [7, 11) is 2.00. The quantitative estimate of drug-likeness (QED) is 0.140. The second-order valence-corrected chi connectivity index (χ2v) is 10.3. The smallest absolute Gasteiger partial charge is 0.510 e. The van der Waals surface area contributed by atoms with Gasteiger partial charge in [0.25, 0.3) is 0 Å². The minimum Gasteiger partial charge on any atom is -0.510 e. The number of benzene rings is 5. The number of nitrogens with zero attached hydrogens (tertiary/aromatic N) is 5.